The topological polar surface area (TPSA) is 481 Å². The van der Waals surface area contributed by atoms with E-state index in [1.165, 1.54) is 50.6 Å². The summed E-state index contributed by atoms with van der Waals surface area (Å²) >= 11 is 0. The molecule has 8 atom stereocenters. The Kier molecular flexibility index (Phi) is 22.8. The lowest BCUT2D eigenvalue weighted by Gasteiger charge is -2.37. The Morgan fingerprint density at radius 3 is 1.25 bits per heavy atom. The van der Waals surface area contributed by atoms with Gasteiger partial charge < -0.3 is 90.5 Å². The minimum atomic E-state index is -2.21. The molecule has 0 spiro atoms. The second kappa shape index (κ2) is 30.1. The van der Waals surface area contributed by atoms with Crippen LogP contribution in [0.15, 0.2) is 58.7 Å². The third kappa shape index (κ3) is 16.8. The molecule has 3 aliphatic heterocycles. The number of rotatable bonds is 8. The molecule has 0 saturated carbocycles. The van der Waals surface area contributed by atoms with Gasteiger partial charge in [-0.25, -0.2) is 29.6 Å². The van der Waals surface area contributed by atoms with Gasteiger partial charge in [-0.3, -0.25) is 47.9 Å². The average molecular weight is 1340 g/mol. The molecule has 10 N–H and O–H groups in total. The number of cyclic esters (lactones) is 2. The van der Waals surface area contributed by atoms with E-state index in [2.05, 4.69) is 41.4 Å². The Labute approximate surface area is 546 Å². The number of aromatic hydroxyl groups is 2. The Bertz CT molecular complexity index is 3560. The van der Waals surface area contributed by atoms with Gasteiger partial charge in [-0.05, 0) is 76.2 Å². The van der Waals surface area contributed by atoms with Crippen LogP contribution >= 0.6 is 0 Å². The van der Waals surface area contributed by atoms with Gasteiger partial charge in [0.25, 0.3) is 23.6 Å². The first-order chi connectivity index (χ1) is 45.1. The summed E-state index contributed by atoms with van der Waals surface area (Å²) in [6.07, 6.45) is -2.28. The van der Waals surface area contributed by atoms with E-state index in [1.54, 1.807) is 0 Å². The number of nitrogens with zero attached hydrogens (tertiary/aromatic N) is 10. The van der Waals surface area contributed by atoms with Gasteiger partial charge in [-0.1, -0.05) is 0 Å². The van der Waals surface area contributed by atoms with E-state index < -0.39 is 193 Å². The highest BCUT2D eigenvalue weighted by Crippen LogP contribution is 2.29. The number of hydrogen-bond acceptors (Lipinski definition) is 26. The molecule has 36 heteroatoms. The molecule has 36 nitrogen and oxygen atoms in total. The molecule has 1 saturated heterocycles. The van der Waals surface area contributed by atoms with Crippen LogP contribution in [0.25, 0.3) is 21.8 Å². The van der Waals surface area contributed by atoms with Crippen molar-refractivity contribution in [2.45, 2.75) is 100 Å². The number of pyridine rings is 2. The molecule has 3 aliphatic rings. The number of esters is 2. The molecule has 4 aromatic rings. The maximum Gasteiger partial charge on any atom is 0.331 e. The van der Waals surface area contributed by atoms with E-state index in [9.17, 15) is 88.2 Å². The molecule has 0 bridgehead atoms. The number of hydrogen-bond donors (Lipinski definition) is 10. The number of aliphatic hydroxyl groups is 4. The highest BCUT2D eigenvalue weighted by Gasteiger charge is 2.47. The number of hydrazone groups is 2. The van der Waals surface area contributed by atoms with E-state index in [0.29, 0.717) is 42.1 Å². The number of nitrogens with one attached hydrogen (secondary N) is 4. The lowest BCUT2D eigenvalue weighted by atomic mass is 9.97. The van der Waals surface area contributed by atoms with Crippen molar-refractivity contribution in [3.63, 3.8) is 0 Å². The van der Waals surface area contributed by atoms with Crippen LogP contribution in [0.1, 0.15) is 61.5 Å². The van der Waals surface area contributed by atoms with Gasteiger partial charge in [0.1, 0.15) is 48.3 Å². The largest absolute Gasteiger partial charge is 0.505 e. The minimum Gasteiger partial charge on any atom is -0.505 e. The van der Waals surface area contributed by atoms with E-state index in [0.717, 1.165) is 90.2 Å². The standard InChI is InChI=1S/C60H74N14O22/c1-59(2,91)49-57(89)95-27-35(67-51(83)45-39(77)21-29-19-31(93-9)11-13-33(29)65-45)55(87)73-47(37(75)15-17-63-73)53(85)62-24-42(80)70(6)26-44(82)72(8)50(60(3,4)92)58(90)96-28-36(68-52(84)46-40(78)22-30-20-32(94-10)12-14-34(30)66-46)56(88)74-48(38(76)16-18-64-74)54(86)61-23-41(79)69(5)25-43(81)71(49)7/h11-14,17-22,35-38,47-50,75-78,91-92H,15-16,23-28H2,1-10H3,(H,61,86)(H,62,85)(H,67,83)(H,68,84). The van der Waals surface area contributed by atoms with Gasteiger partial charge in [0.05, 0.1) is 74.8 Å². The van der Waals surface area contributed by atoms with Crippen LogP contribution in [0.3, 0.4) is 0 Å². The van der Waals surface area contributed by atoms with Crippen LogP contribution in [-0.4, -0.2) is 295 Å². The van der Waals surface area contributed by atoms with Crippen molar-refractivity contribution in [1.29, 1.82) is 0 Å². The third-order valence-corrected chi connectivity index (χ3v) is 15.5. The van der Waals surface area contributed by atoms with E-state index in [-0.39, 0.29) is 23.9 Å². The zero-order valence-corrected chi connectivity index (χ0v) is 53.7. The van der Waals surface area contributed by atoms with Gasteiger partial charge in [-0.2, -0.15) is 10.2 Å². The minimum absolute atomic E-state index is 0.155. The summed E-state index contributed by atoms with van der Waals surface area (Å²) in [4.78, 5) is 181. The highest BCUT2D eigenvalue weighted by molar-refractivity contribution is 6.03. The molecule has 8 unspecified atom stereocenters. The molecule has 96 heavy (non-hydrogen) atoms. The summed E-state index contributed by atoms with van der Waals surface area (Å²) in [6.45, 7) is -1.67. The maximum atomic E-state index is 14.8. The van der Waals surface area contributed by atoms with Gasteiger partial charge in [0, 0.05) is 64.2 Å². The summed E-state index contributed by atoms with van der Waals surface area (Å²) in [6, 6.07) is -1.05. The molecule has 2 aromatic carbocycles. The quantitative estimate of drug-likeness (QED) is 0.0743. The number of aliphatic hydroxyl groups excluding tert-OH is 2. The second-order valence-electron chi connectivity index (χ2n) is 23.7. The lowest BCUT2D eigenvalue weighted by molar-refractivity contribution is -0.166. The Balaban J connectivity index is 1.22. The highest BCUT2D eigenvalue weighted by atomic mass is 16.5. The van der Waals surface area contributed by atoms with Crippen molar-refractivity contribution in [3.8, 4) is 23.0 Å². The monoisotopic (exact) mass is 1340 g/mol. The molecular weight excluding hydrogens is 1270 g/mol. The SMILES string of the molecule is COc1ccc2nc(C(=O)NC3COC(=O)C(C(C)(C)O)N(C)C(=O)CN(C)C(=O)CNC(=O)C4C(O)CC=NN4C(=O)C(NC(=O)c4nc5ccc(OC)cc5cc4O)COC(=O)C(C(C)(C)O)N(C)C(=O)CN(C)C(=O)CNC(=O)C4C(O)CC=NN4C3=O)c(O)cc2c1. The van der Waals surface area contributed by atoms with E-state index in [1.807, 2.05) is 0 Å². The number of carbonyl (C=O) groups excluding carboxylic acids is 12. The molecular formula is C60H74N14O22. The van der Waals surface area contributed by atoms with Crippen molar-refractivity contribution < 1.29 is 107 Å². The van der Waals surface area contributed by atoms with Crippen LogP contribution < -0.4 is 30.7 Å². The summed E-state index contributed by atoms with van der Waals surface area (Å²) in [5, 5.41) is 86.0. The molecule has 7 rings (SSSR count). The van der Waals surface area contributed by atoms with Crippen LogP contribution in [0.2, 0.25) is 0 Å². The normalized spacial score (nSPS) is 23.5. The van der Waals surface area contributed by atoms with Gasteiger partial charge in [-0.15, -0.1) is 0 Å². The molecule has 0 radical (unpaired) electrons. The molecule has 1 fully saturated rings. The Morgan fingerprint density at radius 2 is 0.917 bits per heavy atom. The summed E-state index contributed by atoms with van der Waals surface area (Å²) in [5.41, 5.74) is -5.44. The number of likely N-dealkylation sites (N-methyl/N-ethyl adjacent to an activating group) is 4. The van der Waals surface area contributed by atoms with Crippen LogP contribution in [0.4, 0.5) is 0 Å². The van der Waals surface area contributed by atoms with Crippen molar-refractivity contribution in [1.82, 2.24) is 60.9 Å². The van der Waals surface area contributed by atoms with E-state index in [4.69, 9.17) is 18.9 Å². The fraction of sp³-hybridized carbons (Fsp3) is 0.467. The van der Waals surface area contributed by atoms with Crippen molar-refractivity contribution >= 4 is 105 Å². The second-order valence-corrected chi connectivity index (χ2v) is 23.7. The predicted octanol–water partition coefficient (Wildman–Crippen LogP) is -4.55. The first-order valence-corrected chi connectivity index (χ1v) is 29.4. The summed E-state index contributed by atoms with van der Waals surface area (Å²) in [7, 11) is 7.06. The number of methoxy groups -OCH3 is 2. The van der Waals surface area contributed by atoms with Gasteiger partial charge in [0.2, 0.25) is 35.4 Å². The zero-order chi connectivity index (χ0) is 71.0. The predicted molar refractivity (Wildman–Crippen MR) is 331 cm³/mol. The number of amides is 10. The first-order valence-electron chi connectivity index (χ1n) is 29.4. The molecule has 0 aliphatic carbocycles. The molecule has 2 aromatic heterocycles. The average Bonchev–Trinajstić information content (AvgIpc) is 0.822. The van der Waals surface area contributed by atoms with Crippen molar-refractivity contribution in [2.24, 2.45) is 10.2 Å². The zero-order valence-electron chi connectivity index (χ0n) is 53.7. The summed E-state index contributed by atoms with van der Waals surface area (Å²) in [5.74, 6) is -15.5. The maximum absolute atomic E-state index is 14.8. The first kappa shape index (κ1) is 72.7. The van der Waals surface area contributed by atoms with Crippen LogP contribution in [0.5, 0.6) is 23.0 Å². The van der Waals surface area contributed by atoms with Gasteiger partial charge >= 0.3 is 11.9 Å². The number of carbonyl (C=O) groups is 12. The number of ether oxygens (including phenoxy) is 4. The van der Waals surface area contributed by atoms with Crippen molar-refractivity contribution in [3.05, 3.63) is 59.9 Å². The number of aromatic nitrogens is 2. The molecule has 10 amide bonds. The fourth-order valence-electron chi connectivity index (χ4n) is 10.4. The van der Waals surface area contributed by atoms with E-state index >= 15 is 0 Å². The number of fused-ring (bicyclic) bond motifs is 4. The van der Waals surface area contributed by atoms with Crippen molar-refractivity contribution in [2.75, 3.05) is 81.8 Å². The number of benzene rings is 2. The third-order valence-electron chi connectivity index (χ3n) is 15.5. The van der Waals surface area contributed by atoms with Gasteiger partial charge in [0.15, 0.2) is 35.6 Å². The smallest absolute Gasteiger partial charge is 0.331 e. The molecule has 516 valence electrons. The summed E-state index contributed by atoms with van der Waals surface area (Å²) < 4.78 is 21.5. The van der Waals surface area contributed by atoms with Crippen LogP contribution in [0, 0.1) is 0 Å². The lowest BCUT2D eigenvalue weighted by Crippen LogP contribution is -2.61. The Morgan fingerprint density at radius 1 is 0.562 bits per heavy atom. The Hall–Kier alpha value is -10.7. The molecule has 5 heterocycles. The van der Waals surface area contributed by atoms with Crippen LogP contribution in [-0.2, 0) is 57.4 Å². The fourth-order valence-corrected chi connectivity index (χ4v) is 10.4.